The van der Waals surface area contributed by atoms with Crippen LogP contribution in [0.25, 0.3) is 0 Å². The molecule has 0 fully saturated rings. The standard InChI is InChI=1S/C11H16/c1-2-4-6-8-10-11-9-7-5-3-1/h1-4,9,11H,5-8,10H2/b3-1-,4-2-,11-9-. The SMILES string of the molecule is C1=C\CC/C=C\CCC\C=C/1. The van der Waals surface area contributed by atoms with E-state index >= 15 is 0 Å². The van der Waals surface area contributed by atoms with Gasteiger partial charge in [-0.3, -0.25) is 0 Å². The van der Waals surface area contributed by atoms with Gasteiger partial charge < -0.3 is 0 Å². The third-order valence-corrected chi connectivity index (χ3v) is 1.79. The molecule has 0 aromatic carbocycles. The lowest BCUT2D eigenvalue weighted by atomic mass is 10.2. The molecule has 0 saturated heterocycles. The van der Waals surface area contributed by atoms with Crippen LogP contribution >= 0.6 is 0 Å². The second kappa shape index (κ2) is 5.96. The number of allylic oxidation sites excluding steroid dienone is 6. The fraction of sp³-hybridized carbons (Fsp3) is 0.455. The van der Waals surface area contributed by atoms with Crippen molar-refractivity contribution in [3.8, 4) is 0 Å². The van der Waals surface area contributed by atoms with Crippen LogP contribution in [0.2, 0.25) is 0 Å². The Kier molecular flexibility index (Phi) is 4.51. The third-order valence-electron chi connectivity index (χ3n) is 1.79. The zero-order valence-corrected chi connectivity index (χ0v) is 7.00. The summed E-state index contributed by atoms with van der Waals surface area (Å²) in [5.74, 6) is 0. The minimum Gasteiger partial charge on any atom is -0.0885 e. The molecule has 0 unspecified atom stereocenters. The Morgan fingerprint density at radius 1 is 0.545 bits per heavy atom. The first-order valence-electron chi connectivity index (χ1n) is 4.47. The van der Waals surface area contributed by atoms with E-state index in [2.05, 4.69) is 36.5 Å². The number of rotatable bonds is 0. The third kappa shape index (κ3) is 4.60. The van der Waals surface area contributed by atoms with Crippen LogP contribution in [0.15, 0.2) is 36.5 Å². The van der Waals surface area contributed by atoms with Crippen molar-refractivity contribution in [2.75, 3.05) is 0 Å². The maximum atomic E-state index is 2.30. The fourth-order valence-electron chi connectivity index (χ4n) is 1.13. The molecule has 0 heterocycles. The highest BCUT2D eigenvalue weighted by atomic mass is 13.9. The summed E-state index contributed by atoms with van der Waals surface area (Å²) in [7, 11) is 0. The van der Waals surface area contributed by atoms with Gasteiger partial charge in [0.15, 0.2) is 0 Å². The summed E-state index contributed by atoms with van der Waals surface area (Å²) in [5, 5.41) is 0. The molecule has 0 saturated carbocycles. The molecule has 0 amide bonds. The van der Waals surface area contributed by atoms with Crippen LogP contribution < -0.4 is 0 Å². The molecular formula is C11H16. The molecule has 0 spiro atoms. The number of hydrogen-bond acceptors (Lipinski definition) is 0. The quantitative estimate of drug-likeness (QED) is 0.460. The van der Waals surface area contributed by atoms with E-state index in [1.54, 1.807) is 0 Å². The highest BCUT2D eigenvalue weighted by Gasteiger charge is 1.82. The molecule has 0 nitrogen and oxygen atoms in total. The lowest BCUT2D eigenvalue weighted by molar-refractivity contribution is 0.864. The molecule has 0 aromatic rings. The zero-order chi connectivity index (χ0) is 7.78. The van der Waals surface area contributed by atoms with Gasteiger partial charge in [0.05, 0.1) is 0 Å². The Morgan fingerprint density at radius 2 is 1.09 bits per heavy atom. The Labute approximate surface area is 69.3 Å². The second-order valence-electron chi connectivity index (χ2n) is 2.84. The van der Waals surface area contributed by atoms with Gasteiger partial charge in [-0.15, -0.1) is 0 Å². The van der Waals surface area contributed by atoms with Gasteiger partial charge in [-0.05, 0) is 32.1 Å². The minimum atomic E-state index is 1.18. The summed E-state index contributed by atoms with van der Waals surface area (Å²) in [4.78, 5) is 0. The van der Waals surface area contributed by atoms with E-state index in [4.69, 9.17) is 0 Å². The first-order valence-corrected chi connectivity index (χ1v) is 4.47. The van der Waals surface area contributed by atoms with Crippen LogP contribution in [0.5, 0.6) is 0 Å². The van der Waals surface area contributed by atoms with Gasteiger partial charge in [0.2, 0.25) is 0 Å². The molecule has 60 valence electrons. The molecule has 0 bridgehead atoms. The van der Waals surface area contributed by atoms with E-state index in [0.29, 0.717) is 0 Å². The average molecular weight is 148 g/mol. The normalized spacial score (nSPS) is 28.4. The topological polar surface area (TPSA) is 0 Å². The van der Waals surface area contributed by atoms with Crippen LogP contribution in [0.4, 0.5) is 0 Å². The predicted octanol–water partition coefficient (Wildman–Crippen LogP) is 3.62. The fourth-order valence-corrected chi connectivity index (χ4v) is 1.13. The van der Waals surface area contributed by atoms with Crippen LogP contribution in [-0.4, -0.2) is 0 Å². The monoisotopic (exact) mass is 148 g/mol. The van der Waals surface area contributed by atoms with E-state index in [9.17, 15) is 0 Å². The lowest BCUT2D eigenvalue weighted by Crippen LogP contribution is -1.68. The van der Waals surface area contributed by atoms with Crippen molar-refractivity contribution in [3.05, 3.63) is 36.5 Å². The summed E-state index contributed by atoms with van der Waals surface area (Å²) in [5.41, 5.74) is 0. The van der Waals surface area contributed by atoms with Crippen LogP contribution in [0, 0.1) is 0 Å². The van der Waals surface area contributed by atoms with E-state index < -0.39 is 0 Å². The van der Waals surface area contributed by atoms with E-state index in [0.717, 1.165) is 0 Å². The van der Waals surface area contributed by atoms with Crippen molar-refractivity contribution in [2.24, 2.45) is 0 Å². The van der Waals surface area contributed by atoms with Crippen LogP contribution in [-0.2, 0) is 0 Å². The predicted molar refractivity (Wildman–Crippen MR) is 50.5 cm³/mol. The van der Waals surface area contributed by atoms with Gasteiger partial charge >= 0.3 is 0 Å². The Balaban J connectivity index is 2.34. The molecule has 0 N–H and O–H groups in total. The van der Waals surface area contributed by atoms with Crippen molar-refractivity contribution < 1.29 is 0 Å². The van der Waals surface area contributed by atoms with Crippen molar-refractivity contribution in [2.45, 2.75) is 32.1 Å². The molecule has 0 heteroatoms. The Bertz CT molecular complexity index is 161. The average Bonchev–Trinajstić information content (AvgIpc) is 2.08. The van der Waals surface area contributed by atoms with Gasteiger partial charge in [0.25, 0.3) is 0 Å². The van der Waals surface area contributed by atoms with Crippen molar-refractivity contribution >= 4 is 0 Å². The molecule has 1 aliphatic rings. The van der Waals surface area contributed by atoms with E-state index in [-0.39, 0.29) is 0 Å². The van der Waals surface area contributed by atoms with Gasteiger partial charge in [-0.1, -0.05) is 36.5 Å². The summed E-state index contributed by atoms with van der Waals surface area (Å²) in [6.07, 6.45) is 19.5. The maximum Gasteiger partial charge on any atom is -0.0313 e. The molecule has 1 rings (SSSR count). The first-order chi connectivity index (χ1) is 5.50. The van der Waals surface area contributed by atoms with Crippen LogP contribution in [0.1, 0.15) is 32.1 Å². The smallest absolute Gasteiger partial charge is 0.0313 e. The molecule has 0 aliphatic heterocycles. The van der Waals surface area contributed by atoms with Gasteiger partial charge in [-0.2, -0.15) is 0 Å². The first kappa shape index (κ1) is 8.32. The molecule has 1 aliphatic carbocycles. The van der Waals surface area contributed by atoms with Gasteiger partial charge in [0, 0.05) is 0 Å². The summed E-state index contributed by atoms with van der Waals surface area (Å²) < 4.78 is 0. The van der Waals surface area contributed by atoms with Crippen LogP contribution in [0.3, 0.4) is 0 Å². The second-order valence-corrected chi connectivity index (χ2v) is 2.84. The molecule has 0 atom stereocenters. The van der Waals surface area contributed by atoms with Crippen molar-refractivity contribution in [1.29, 1.82) is 0 Å². The maximum absolute atomic E-state index is 2.30. The molecule has 0 aromatic heterocycles. The van der Waals surface area contributed by atoms with E-state index in [1.165, 1.54) is 32.1 Å². The van der Waals surface area contributed by atoms with E-state index in [1.807, 2.05) is 0 Å². The highest BCUT2D eigenvalue weighted by molar-refractivity contribution is 5.03. The van der Waals surface area contributed by atoms with Crippen molar-refractivity contribution in [1.82, 2.24) is 0 Å². The van der Waals surface area contributed by atoms with Gasteiger partial charge in [0.1, 0.15) is 0 Å². The summed E-state index contributed by atoms with van der Waals surface area (Å²) in [6.45, 7) is 0. The molecular weight excluding hydrogens is 132 g/mol. The minimum absolute atomic E-state index is 1.18. The lowest BCUT2D eigenvalue weighted by Gasteiger charge is -1.88. The Hall–Kier alpha value is -0.780. The highest BCUT2D eigenvalue weighted by Crippen LogP contribution is 2.02. The zero-order valence-electron chi connectivity index (χ0n) is 7.00. The Morgan fingerprint density at radius 3 is 2.00 bits per heavy atom. The summed E-state index contributed by atoms with van der Waals surface area (Å²) >= 11 is 0. The van der Waals surface area contributed by atoms with Gasteiger partial charge in [-0.25, -0.2) is 0 Å². The molecule has 0 radical (unpaired) electrons. The number of hydrogen-bond donors (Lipinski definition) is 0. The largest absolute Gasteiger partial charge is 0.0885 e. The van der Waals surface area contributed by atoms with Crippen molar-refractivity contribution in [3.63, 3.8) is 0 Å². The summed E-state index contributed by atoms with van der Waals surface area (Å²) in [6, 6.07) is 0. The molecule has 11 heavy (non-hydrogen) atoms.